The summed E-state index contributed by atoms with van der Waals surface area (Å²) in [6.45, 7) is 5.76. The summed E-state index contributed by atoms with van der Waals surface area (Å²) < 4.78 is 54.1. The molecule has 4 rings (SSSR count). The van der Waals surface area contributed by atoms with Gasteiger partial charge in [0, 0.05) is 23.4 Å². The fourth-order valence-corrected chi connectivity index (χ4v) is 4.34. The van der Waals surface area contributed by atoms with E-state index in [9.17, 15) is 17.6 Å². The summed E-state index contributed by atoms with van der Waals surface area (Å²) in [4.78, 5) is 4.66. The van der Waals surface area contributed by atoms with Gasteiger partial charge in [-0.15, -0.1) is 0 Å². The molecule has 0 aliphatic heterocycles. The van der Waals surface area contributed by atoms with Crippen LogP contribution < -0.4 is 5.32 Å². The second-order valence-electron chi connectivity index (χ2n) is 7.63. The lowest BCUT2D eigenvalue weighted by Crippen LogP contribution is -2.09. The fraction of sp³-hybridized carbons (Fsp3) is 0.217. The lowest BCUT2D eigenvalue weighted by molar-refractivity contribution is -0.137. The zero-order valence-corrected chi connectivity index (χ0v) is 18.4. The summed E-state index contributed by atoms with van der Waals surface area (Å²) in [5.41, 5.74) is 2.59. The van der Waals surface area contributed by atoms with E-state index < -0.39 is 11.7 Å². The maximum Gasteiger partial charge on any atom is 0.416 e. The van der Waals surface area contributed by atoms with Crippen molar-refractivity contribution in [2.75, 3.05) is 5.32 Å². The minimum atomic E-state index is -4.40. The molecule has 0 saturated heterocycles. The molecule has 2 heterocycles. The average molecular weight is 461 g/mol. The second kappa shape index (κ2) is 8.38. The van der Waals surface area contributed by atoms with Gasteiger partial charge in [0.05, 0.1) is 11.3 Å². The van der Waals surface area contributed by atoms with Gasteiger partial charge in [0.15, 0.2) is 0 Å². The third-order valence-corrected chi connectivity index (χ3v) is 5.73. The topological polar surface area (TPSA) is 42.7 Å². The Kier molecular flexibility index (Phi) is 5.77. The van der Waals surface area contributed by atoms with Crippen LogP contribution in [0.15, 0.2) is 54.7 Å². The molecule has 2 aromatic heterocycles. The monoisotopic (exact) mass is 460 g/mol. The van der Waals surface area contributed by atoms with Crippen molar-refractivity contribution in [1.29, 1.82) is 0 Å². The van der Waals surface area contributed by atoms with E-state index in [1.54, 1.807) is 23.0 Å². The molecule has 4 nitrogen and oxygen atoms in total. The van der Waals surface area contributed by atoms with Crippen molar-refractivity contribution >= 4 is 16.3 Å². The largest absolute Gasteiger partial charge is 0.416 e. The molecule has 0 aliphatic rings. The van der Waals surface area contributed by atoms with Crippen LogP contribution >= 0.6 is 11.3 Å². The third kappa shape index (κ3) is 4.52. The SMILES string of the molecule is Cc1nn(-c2nc(-c3ccc(C(F)(F)F)cc3)c(NC(C)C)s2)cc1-c1cccc(F)c1. The van der Waals surface area contributed by atoms with E-state index in [-0.39, 0.29) is 11.9 Å². The summed E-state index contributed by atoms with van der Waals surface area (Å²) in [6, 6.07) is 11.3. The Labute approximate surface area is 186 Å². The Bertz CT molecular complexity index is 1240. The first kappa shape index (κ1) is 22.0. The molecule has 0 bridgehead atoms. The summed E-state index contributed by atoms with van der Waals surface area (Å²) in [7, 11) is 0. The average Bonchev–Trinajstić information content (AvgIpc) is 3.30. The minimum Gasteiger partial charge on any atom is -0.373 e. The van der Waals surface area contributed by atoms with Crippen LogP contribution in [0.25, 0.3) is 27.5 Å². The van der Waals surface area contributed by atoms with Crippen LogP contribution in [0, 0.1) is 12.7 Å². The molecule has 1 N–H and O–H groups in total. The molecule has 0 fully saturated rings. The highest BCUT2D eigenvalue weighted by molar-refractivity contribution is 7.18. The first-order chi connectivity index (χ1) is 15.1. The van der Waals surface area contributed by atoms with Gasteiger partial charge < -0.3 is 5.32 Å². The van der Waals surface area contributed by atoms with E-state index in [2.05, 4.69) is 15.4 Å². The van der Waals surface area contributed by atoms with Crippen molar-refractivity contribution in [3.8, 4) is 27.5 Å². The number of alkyl halides is 3. The predicted molar refractivity (Wildman–Crippen MR) is 119 cm³/mol. The molecule has 32 heavy (non-hydrogen) atoms. The summed E-state index contributed by atoms with van der Waals surface area (Å²) in [5, 5.41) is 9.12. The van der Waals surface area contributed by atoms with Crippen molar-refractivity contribution < 1.29 is 17.6 Å². The predicted octanol–water partition coefficient (Wildman–Crippen LogP) is 6.95. The van der Waals surface area contributed by atoms with Crippen LogP contribution in [0.1, 0.15) is 25.1 Å². The molecule has 2 aromatic carbocycles. The van der Waals surface area contributed by atoms with Gasteiger partial charge in [-0.3, -0.25) is 0 Å². The Hall–Kier alpha value is -3.20. The Morgan fingerprint density at radius 3 is 2.38 bits per heavy atom. The molecule has 0 atom stereocenters. The number of nitrogens with zero attached hydrogens (tertiary/aromatic N) is 3. The van der Waals surface area contributed by atoms with E-state index in [4.69, 9.17) is 0 Å². The molecule has 166 valence electrons. The fourth-order valence-electron chi connectivity index (χ4n) is 3.28. The number of benzene rings is 2. The Balaban J connectivity index is 1.75. The first-order valence-corrected chi connectivity index (χ1v) is 10.7. The van der Waals surface area contributed by atoms with Gasteiger partial charge in [-0.25, -0.2) is 14.1 Å². The molecule has 0 unspecified atom stereocenters. The Morgan fingerprint density at radius 2 is 1.75 bits per heavy atom. The maximum atomic E-state index is 13.7. The lowest BCUT2D eigenvalue weighted by atomic mass is 10.1. The smallest absolute Gasteiger partial charge is 0.373 e. The van der Waals surface area contributed by atoms with Crippen LogP contribution in [0.2, 0.25) is 0 Å². The second-order valence-corrected chi connectivity index (χ2v) is 8.61. The lowest BCUT2D eigenvalue weighted by Gasteiger charge is -2.10. The third-order valence-electron chi connectivity index (χ3n) is 4.75. The van der Waals surface area contributed by atoms with Crippen LogP contribution in [0.3, 0.4) is 0 Å². The molecule has 0 aliphatic carbocycles. The summed E-state index contributed by atoms with van der Waals surface area (Å²) in [5.74, 6) is -0.336. The van der Waals surface area contributed by atoms with Crippen molar-refractivity contribution in [1.82, 2.24) is 14.8 Å². The summed E-state index contributed by atoms with van der Waals surface area (Å²) >= 11 is 1.35. The van der Waals surface area contributed by atoms with Gasteiger partial charge in [0.2, 0.25) is 5.13 Å². The minimum absolute atomic E-state index is 0.0960. The number of hydrogen-bond acceptors (Lipinski definition) is 4. The van der Waals surface area contributed by atoms with Gasteiger partial charge in [-0.1, -0.05) is 35.6 Å². The molecular weight excluding hydrogens is 440 g/mol. The van der Waals surface area contributed by atoms with E-state index >= 15 is 0 Å². The maximum absolute atomic E-state index is 13.7. The number of halogens is 4. The number of anilines is 1. The number of aromatic nitrogens is 3. The van der Waals surface area contributed by atoms with Crippen LogP contribution in [0.5, 0.6) is 0 Å². The molecule has 0 amide bonds. The normalized spacial score (nSPS) is 11.9. The zero-order valence-electron chi connectivity index (χ0n) is 17.5. The molecule has 0 spiro atoms. The van der Waals surface area contributed by atoms with Gasteiger partial charge >= 0.3 is 6.18 Å². The van der Waals surface area contributed by atoms with E-state index in [0.717, 1.165) is 22.7 Å². The zero-order chi connectivity index (χ0) is 23.0. The molecule has 9 heteroatoms. The highest BCUT2D eigenvalue weighted by Crippen LogP contribution is 2.38. The number of rotatable bonds is 5. The first-order valence-electron chi connectivity index (χ1n) is 9.89. The van der Waals surface area contributed by atoms with Crippen molar-refractivity contribution in [2.45, 2.75) is 33.0 Å². The van der Waals surface area contributed by atoms with Gasteiger partial charge in [0.25, 0.3) is 0 Å². The van der Waals surface area contributed by atoms with Crippen LogP contribution in [0.4, 0.5) is 22.6 Å². The standard InChI is InChI=1S/C23H20F4N4S/c1-13(2)28-21-20(15-7-9-17(10-8-15)23(25,26)27)29-22(32-21)31-12-19(14(3)30-31)16-5-4-6-18(24)11-16/h4-13,28H,1-3H3. The molecule has 0 radical (unpaired) electrons. The quantitative estimate of drug-likeness (QED) is 0.328. The number of aryl methyl sites for hydroxylation is 1. The van der Waals surface area contributed by atoms with E-state index in [1.807, 2.05) is 20.8 Å². The van der Waals surface area contributed by atoms with Crippen molar-refractivity contribution in [3.63, 3.8) is 0 Å². The molecule has 0 saturated carbocycles. The highest BCUT2D eigenvalue weighted by Gasteiger charge is 2.30. The number of thiazole rings is 1. The van der Waals surface area contributed by atoms with E-state index in [0.29, 0.717) is 27.6 Å². The van der Waals surface area contributed by atoms with Gasteiger partial charge in [-0.05, 0) is 50.6 Å². The number of nitrogens with one attached hydrogen (secondary N) is 1. The van der Waals surface area contributed by atoms with Crippen LogP contribution in [-0.4, -0.2) is 20.8 Å². The van der Waals surface area contributed by atoms with Crippen molar-refractivity contribution in [3.05, 3.63) is 71.8 Å². The van der Waals surface area contributed by atoms with Crippen molar-refractivity contribution in [2.24, 2.45) is 0 Å². The molecular formula is C23H20F4N4S. The van der Waals surface area contributed by atoms with E-state index in [1.165, 1.54) is 35.6 Å². The molecule has 4 aromatic rings. The number of hydrogen-bond donors (Lipinski definition) is 1. The van der Waals surface area contributed by atoms with Gasteiger partial charge in [0.1, 0.15) is 16.5 Å². The van der Waals surface area contributed by atoms with Crippen LogP contribution in [-0.2, 0) is 6.18 Å². The highest BCUT2D eigenvalue weighted by atomic mass is 32.1. The van der Waals surface area contributed by atoms with Gasteiger partial charge in [-0.2, -0.15) is 18.3 Å². The Morgan fingerprint density at radius 1 is 1.03 bits per heavy atom. The summed E-state index contributed by atoms with van der Waals surface area (Å²) in [6.07, 6.45) is -2.62.